The Bertz CT molecular complexity index is 366. The highest BCUT2D eigenvalue weighted by molar-refractivity contribution is 5.37. The highest BCUT2D eigenvalue weighted by Gasteiger charge is 2.01. The molecule has 0 amide bonds. The Morgan fingerprint density at radius 2 is 2.08 bits per heavy atom. The lowest BCUT2D eigenvalue weighted by atomic mass is 10.1. The van der Waals surface area contributed by atoms with Gasteiger partial charge in [-0.15, -0.1) is 0 Å². The summed E-state index contributed by atoms with van der Waals surface area (Å²) in [6.07, 6.45) is 6.18. The van der Waals surface area contributed by atoms with E-state index < -0.39 is 0 Å². The van der Waals surface area contributed by atoms with Crippen molar-refractivity contribution in [2.45, 2.75) is 6.42 Å². The molecule has 0 radical (unpaired) electrons. The first-order chi connectivity index (χ1) is 6.36. The second-order valence-electron chi connectivity index (χ2n) is 2.94. The smallest absolute Gasteiger partial charge is 0.130 e. The Morgan fingerprint density at radius 3 is 3.00 bits per heavy atom. The SMILES string of the molecule is NC1=C/Cc2ccccc2O/C=C\1. The van der Waals surface area contributed by atoms with Gasteiger partial charge in [-0.2, -0.15) is 0 Å². The predicted octanol–water partition coefficient (Wildman–Crippen LogP) is 1.98. The van der Waals surface area contributed by atoms with Crippen LogP contribution in [0.4, 0.5) is 0 Å². The van der Waals surface area contributed by atoms with Gasteiger partial charge in [-0.3, -0.25) is 0 Å². The summed E-state index contributed by atoms with van der Waals surface area (Å²) in [5, 5.41) is 0. The maximum absolute atomic E-state index is 5.66. The molecular formula is C11H11NO. The molecule has 0 saturated carbocycles. The summed E-state index contributed by atoms with van der Waals surface area (Å²) in [6, 6.07) is 7.95. The Balaban J connectivity index is 2.39. The fourth-order valence-corrected chi connectivity index (χ4v) is 1.27. The van der Waals surface area contributed by atoms with Crippen LogP contribution in [0, 0.1) is 0 Å². The predicted molar refractivity (Wildman–Crippen MR) is 52.2 cm³/mol. The van der Waals surface area contributed by atoms with E-state index in [9.17, 15) is 0 Å². The molecule has 2 nitrogen and oxygen atoms in total. The molecule has 0 spiro atoms. The number of hydrogen-bond acceptors (Lipinski definition) is 2. The first-order valence-corrected chi connectivity index (χ1v) is 4.23. The summed E-state index contributed by atoms with van der Waals surface area (Å²) in [5.41, 5.74) is 7.56. The standard InChI is InChI=1S/C11H11NO/c12-10-6-5-9-3-1-2-4-11(9)13-8-7-10/h1-4,6-8H,5,12H2/b8-7-,10-6+. The molecule has 2 rings (SSSR count). The van der Waals surface area contributed by atoms with Crippen LogP contribution in [0.2, 0.25) is 0 Å². The third kappa shape index (κ3) is 1.72. The molecule has 1 aromatic rings. The molecule has 1 aliphatic heterocycles. The monoisotopic (exact) mass is 173 g/mol. The van der Waals surface area contributed by atoms with Crippen molar-refractivity contribution in [2.75, 3.05) is 0 Å². The summed E-state index contributed by atoms with van der Waals surface area (Å²) in [6.45, 7) is 0. The third-order valence-corrected chi connectivity index (χ3v) is 1.99. The molecule has 0 saturated heterocycles. The number of fused-ring (bicyclic) bond motifs is 1. The lowest BCUT2D eigenvalue weighted by molar-refractivity contribution is 0.474. The Morgan fingerprint density at radius 1 is 1.23 bits per heavy atom. The van der Waals surface area contributed by atoms with Gasteiger partial charge in [0, 0.05) is 5.70 Å². The zero-order chi connectivity index (χ0) is 9.10. The van der Waals surface area contributed by atoms with Gasteiger partial charge in [0.05, 0.1) is 6.26 Å². The number of hydrogen-bond donors (Lipinski definition) is 1. The Hall–Kier alpha value is -1.70. The van der Waals surface area contributed by atoms with Gasteiger partial charge in [0.1, 0.15) is 5.75 Å². The van der Waals surface area contributed by atoms with Gasteiger partial charge in [0.15, 0.2) is 0 Å². The zero-order valence-corrected chi connectivity index (χ0v) is 7.23. The molecule has 2 heteroatoms. The van der Waals surface area contributed by atoms with Crippen molar-refractivity contribution in [3.63, 3.8) is 0 Å². The summed E-state index contributed by atoms with van der Waals surface area (Å²) in [7, 11) is 0. The minimum absolute atomic E-state index is 0.745. The van der Waals surface area contributed by atoms with E-state index in [1.807, 2.05) is 30.3 Å². The summed E-state index contributed by atoms with van der Waals surface area (Å²) < 4.78 is 5.40. The topological polar surface area (TPSA) is 35.2 Å². The van der Waals surface area contributed by atoms with Gasteiger partial charge in [-0.05, 0) is 24.1 Å². The third-order valence-electron chi connectivity index (χ3n) is 1.99. The van der Waals surface area contributed by atoms with Crippen LogP contribution in [0.25, 0.3) is 0 Å². The van der Waals surface area contributed by atoms with Gasteiger partial charge in [-0.25, -0.2) is 0 Å². The minimum atomic E-state index is 0.745. The molecule has 0 aromatic heterocycles. The molecular weight excluding hydrogens is 162 g/mol. The van der Waals surface area contributed by atoms with Crippen LogP contribution in [0.5, 0.6) is 5.75 Å². The maximum atomic E-state index is 5.66. The van der Waals surface area contributed by atoms with Crippen molar-refractivity contribution < 1.29 is 4.74 Å². The number of rotatable bonds is 0. The fourth-order valence-electron chi connectivity index (χ4n) is 1.27. The molecule has 0 fully saturated rings. The van der Waals surface area contributed by atoms with E-state index in [1.165, 1.54) is 0 Å². The molecule has 0 atom stereocenters. The number of ether oxygens (including phenoxy) is 1. The average molecular weight is 173 g/mol. The largest absolute Gasteiger partial charge is 0.465 e. The van der Waals surface area contributed by atoms with Crippen LogP contribution in [0.15, 0.2) is 48.4 Å². The lowest BCUT2D eigenvalue weighted by Crippen LogP contribution is -1.99. The summed E-state index contributed by atoms with van der Waals surface area (Å²) in [5.74, 6) is 0.905. The normalized spacial score (nSPS) is 21.4. The zero-order valence-electron chi connectivity index (χ0n) is 7.23. The second-order valence-corrected chi connectivity index (χ2v) is 2.94. The van der Waals surface area contributed by atoms with Gasteiger partial charge in [0.2, 0.25) is 0 Å². The van der Waals surface area contributed by atoms with Crippen LogP contribution in [-0.4, -0.2) is 0 Å². The van der Waals surface area contributed by atoms with E-state index in [1.54, 1.807) is 12.3 Å². The van der Waals surface area contributed by atoms with E-state index in [2.05, 4.69) is 0 Å². The van der Waals surface area contributed by atoms with Crippen molar-refractivity contribution in [3.05, 3.63) is 53.9 Å². The van der Waals surface area contributed by atoms with Crippen molar-refractivity contribution in [1.82, 2.24) is 0 Å². The van der Waals surface area contributed by atoms with Crippen LogP contribution in [-0.2, 0) is 6.42 Å². The molecule has 2 N–H and O–H groups in total. The van der Waals surface area contributed by atoms with Gasteiger partial charge < -0.3 is 10.5 Å². The summed E-state index contributed by atoms with van der Waals surface area (Å²) in [4.78, 5) is 0. The molecule has 0 bridgehead atoms. The minimum Gasteiger partial charge on any atom is -0.465 e. The van der Waals surface area contributed by atoms with Crippen molar-refractivity contribution in [3.8, 4) is 5.75 Å². The van der Waals surface area contributed by atoms with Crippen LogP contribution >= 0.6 is 0 Å². The van der Waals surface area contributed by atoms with E-state index in [-0.39, 0.29) is 0 Å². The van der Waals surface area contributed by atoms with E-state index >= 15 is 0 Å². The van der Waals surface area contributed by atoms with Crippen molar-refractivity contribution >= 4 is 0 Å². The number of nitrogens with two attached hydrogens (primary N) is 1. The highest BCUT2D eigenvalue weighted by Crippen LogP contribution is 2.20. The molecule has 0 unspecified atom stereocenters. The maximum Gasteiger partial charge on any atom is 0.130 e. The second kappa shape index (κ2) is 3.35. The van der Waals surface area contributed by atoms with Crippen LogP contribution in [0.1, 0.15) is 5.56 Å². The summed E-state index contributed by atoms with van der Waals surface area (Å²) >= 11 is 0. The Kier molecular flexibility index (Phi) is 2.04. The molecule has 1 aromatic carbocycles. The Labute approximate surface area is 77.3 Å². The van der Waals surface area contributed by atoms with Crippen LogP contribution in [0.3, 0.4) is 0 Å². The lowest BCUT2D eigenvalue weighted by Gasteiger charge is -2.08. The molecule has 66 valence electrons. The van der Waals surface area contributed by atoms with Crippen LogP contribution < -0.4 is 10.5 Å². The van der Waals surface area contributed by atoms with E-state index in [0.717, 1.165) is 23.4 Å². The van der Waals surface area contributed by atoms with E-state index in [0.29, 0.717) is 0 Å². The first-order valence-electron chi connectivity index (χ1n) is 4.23. The van der Waals surface area contributed by atoms with Gasteiger partial charge >= 0.3 is 0 Å². The molecule has 1 aliphatic rings. The quantitative estimate of drug-likeness (QED) is 0.651. The number of benzene rings is 1. The van der Waals surface area contributed by atoms with Gasteiger partial charge in [0.25, 0.3) is 0 Å². The molecule has 1 heterocycles. The number of allylic oxidation sites excluding steroid dienone is 2. The molecule has 13 heavy (non-hydrogen) atoms. The first kappa shape index (κ1) is 7.92. The fraction of sp³-hybridized carbons (Fsp3) is 0.0909. The number of para-hydroxylation sites is 1. The highest BCUT2D eigenvalue weighted by atomic mass is 16.5. The van der Waals surface area contributed by atoms with E-state index in [4.69, 9.17) is 10.5 Å². The van der Waals surface area contributed by atoms with Gasteiger partial charge in [-0.1, -0.05) is 24.3 Å². The molecule has 0 aliphatic carbocycles. The van der Waals surface area contributed by atoms with Crippen molar-refractivity contribution in [2.24, 2.45) is 5.73 Å². The average Bonchev–Trinajstić information content (AvgIpc) is 2.13. The van der Waals surface area contributed by atoms with Crippen molar-refractivity contribution in [1.29, 1.82) is 0 Å².